The minimum atomic E-state index is -3.57. The highest BCUT2D eigenvalue weighted by Gasteiger charge is 2.24. The maximum Gasteiger partial charge on any atom is 0.240 e. The monoisotopic (exact) mass is 511 g/mol. The molecule has 2 saturated heterocycles. The van der Waals surface area contributed by atoms with Crippen LogP contribution in [0.15, 0.2) is 47.6 Å². The van der Waals surface area contributed by atoms with E-state index in [2.05, 4.69) is 36.5 Å². The predicted octanol–water partition coefficient (Wildman–Crippen LogP) is 3.12. The smallest absolute Gasteiger partial charge is 0.240 e. The van der Waals surface area contributed by atoms with Crippen molar-refractivity contribution in [1.29, 1.82) is 0 Å². The van der Waals surface area contributed by atoms with Gasteiger partial charge in [0.05, 0.1) is 22.5 Å². The molecule has 0 atom stereocenters. The Labute approximate surface area is 212 Å². The molecule has 36 heavy (non-hydrogen) atoms. The lowest BCUT2D eigenvalue weighted by Gasteiger charge is -2.29. The maximum absolute atomic E-state index is 12.8. The lowest BCUT2D eigenvalue weighted by molar-refractivity contribution is 0.0694. The van der Waals surface area contributed by atoms with Crippen LogP contribution in [0.25, 0.3) is 11.4 Å². The molecule has 3 aromatic rings. The van der Waals surface area contributed by atoms with Gasteiger partial charge in [-0.2, -0.15) is 0 Å². The Kier molecular flexibility index (Phi) is 7.33. The number of piperidine rings is 1. The molecule has 0 spiro atoms. The Morgan fingerprint density at radius 3 is 2.44 bits per heavy atom. The van der Waals surface area contributed by atoms with E-state index < -0.39 is 10.0 Å². The first kappa shape index (κ1) is 24.8. The first-order valence-corrected chi connectivity index (χ1v) is 13.9. The number of aromatic nitrogens is 4. The number of imidazole rings is 1. The van der Waals surface area contributed by atoms with E-state index >= 15 is 0 Å². The fourth-order valence-electron chi connectivity index (χ4n) is 4.87. The highest BCUT2D eigenvalue weighted by Crippen LogP contribution is 2.29. The average molecular weight is 512 g/mol. The van der Waals surface area contributed by atoms with Crippen molar-refractivity contribution < 1.29 is 13.2 Å². The van der Waals surface area contributed by atoms with E-state index in [1.165, 1.54) is 0 Å². The Bertz CT molecular complexity index is 1280. The van der Waals surface area contributed by atoms with Gasteiger partial charge < -0.3 is 19.5 Å². The molecule has 0 saturated carbocycles. The second-order valence-corrected chi connectivity index (χ2v) is 11.2. The Morgan fingerprint density at radius 2 is 1.72 bits per heavy atom. The Morgan fingerprint density at radius 1 is 1.00 bits per heavy atom. The van der Waals surface area contributed by atoms with Crippen LogP contribution < -0.4 is 10.0 Å². The fraction of sp³-hybridized carbons (Fsp3) is 0.480. The Balaban J connectivity index is 1.29. The number of rotatable bonds is 7. The summed E-state index contributed by atoms with van der Waals surface area (Å²) in [6.45, 7) is 5.29. The molecule has 2 aliphatic rings. The maximum atomic E-state index is 12.8. The topological polar surface area (TPSA) is 114 Å². The molecular weight excluding hydrogens is 478 g/mol. The molecule has 192 valence electrons. The van der Waals surface area contributed by atoms with E-state index in [4.69, 9.17) is 9.72 Å². The summed E-state index contributed by atoms with van der Waals surface area (Å²) in [5.41, 5.74) is 2.44. The van der Waals surface area contributed by atoms with Crippen LogP contribution in [0.1, 0.15) is 37.5 Å². The minimum absolute atomic E-state index is 0.0293. The molecule has 0 aliphatic carbocycles. The van der Waals surface area contributed by atoms with E-state index in [0.29, 0.717) is 17.7 Å². The first-order chi connectivity index (χ1) is 17.4. The molecule has 0 bridgehead atoms. The summed E-state index contributed by atoms with van der Waals surface area (Å²) in [5.74, 6) is 1.39. The molecule has 5 rings (SSSR count). The van der Waals surface area contributed by atoms with Crippen LogP contribution in [-0.2, 0) is 14.8 Å². The van der Waals surface area contributed by atoms with E-state index in [0.717, 1.165) is 69.2 Å². The average Bonchev–Trinajstić information content (AvgIpc) is 3.28. The highest BCUT2D eigenvalue weighted by atomic mass is 32.2. The molecule has 2 fully saturated rings. The van der Waals surface area contributed by atoms with Gasteiger partial charge in [0.15, 0.2) is 0 Å². The van der Waals surface area contributed by atoms with Crippen molar-refractivity contribution in [2.45, 2.75) is 49.6 Å². The number of aryl methyl sites for hydroxylation is 1. The van der Waals surface area contributed by atoms with Crippen LogP contribution in [0, 0.1) is 6.92 Å². The number of nitrogens with one attached hydrogen (secondary N) is 2. The summed E-state index contributed by atoms with van der Waals surface area (Å²) in [5, 5.41) is 3.19. The molecule has 2 N–H and O–H groups in total. The second-order valence-electron chi connectivity index (χ2n) is 9.52. The van der Waals surface area contributed by atoms with Crippen molar-refractivity contribution in [3.05, 3.63) is 48.5 Å². The molecule has 11 heteroatoms. The van der Waals surface area contributed by atoms with Crippen LogP contribution in [0.4, 0.5) is 11.6 Å². The molecular formula is C25H33N7O3S. The SMILES string of the molecule is Cc1ncc(-c2ccnc(Nc3ccc(S(=O)(=O)NC4CCN(C)CC4)cc3)n2)n1C1CCOCC1. The standard InChI is InChI=1S/C25H33N7O3S/c1-18-27-17-24(32(18)21-10-15-35-16-11-21)23-7-12-26-25(29-23)28-19-3-5-22(6-4-19)36(33,34)30-20-8-13-31(2)14-9-20/h3-7,12,17,20-21,30H,8-11,13-16H2,1-2H3,(H,26,28,29). The van der Waals surface area contributed by atoms with Crippen LogP contribution >= 0.6 is 0 Å². The van der Waals surface area contributed by atoms with Crippen molar-refractivity contribution >= 4 is 21.7 Å². The lowest BCUT2D eigenvalue weighted by atomic mass is 10.1. The summed E-state index contributed by atoms with van der Waals surface area (Å²) < 4.78 is 36.3. The summed E-state index contributed by atoms with van der Waals surface area (Å²) >= 11 is 0. The molecule has 10 nitrogen and oxygen atoms in total. The van der Waals surface area contributed by atoms with E-state index in [9.17, 15) is 8.42 Å². The normalized spacial score (nSPS) is 18.4. The zero-order valence-corrected chi connectivity index (χ0v) is 21.5. The third-order valence-electron chi connectivity index (χ3n) is 6.92. The number of nitrogens with zero attached hydrogens (tertiary/aromatic N) is 5. The number of sulfonamides is 1. The summed E-state index contributed by atoms with van der Waals surface area (Å²) in [6.07, 6.45) is 7.09. The number of likely N-dealkylation sites (tertiary alicyclic amines) is 1. The molecule has 1 aromatic carbocycles. The van der Waals surface area contributed by atoms with Crippen LogP contribution in [0.3, 0.4) is 0 Å². The van der Waals surface area contributed by atoms with E-state index in [1.807, 2.05) is 19.2 Å². The number of benzene rings is 1. The largest absolute Gasteiger partial charge is 0.381 e. The van der Waals surface area contributed by atoms with Gasteiger partial charge in [-0.05, 0) is 83.1 Å². The molecule has 0 radical (unpaired) electrons. The second kappa shape index (κ2) is 10.6. The van der Waals surface area contributed by atoms with E-state index in [-0.39, 0.29) is 10.9 Å². The van der Waals surface area contributed by atoms with Gasteiger partial charge in [-0.25, -0.2) is 28.1 Å². The predicted molar refractivity (Wildman–Crippen MR) is 138 cm³/mol. The molecule has 2 aliphatic heterocycles. The van der Waals surface area contributed by atoms with Gasteiger partial charge in [0.25, 0.3) is 0 Å². The van der Waals surface area contributed by atoms with Gasteiger partial charge in [0, 0.05) is 37.2 Å². The summed E-state index contributed by atoms with van der Waals surface area (Å²) in [4.78, 5) is 16.1. The number of anilines is 2. The minimum Gasteiger partial charge on any atom is -0.381 e. The van der Waals surface area contributed by atoms with Crippen molar-refractivity contribution in [2.75, 3.05) is 38.7 Å². The van der Waals surface area contributed by atoms with Gasteiger partial charge in [0.2, 0.25) is 16.0 Å². The van der Waals surface area contributed by atoms with Crippen molar-refractivity contribution in [3.8, 4) is 11.4 Å². The van der Waals surface area contributed by atoms with Crippen LogP contribution in [0.2, 0.25) is 0 Å². The first-order valence-electron chi connectivity index (χ1n) is 12.4. The quantitative estimate of drug-likeness (QED) is 0.497. The van der Waals surface area contributed by atoms with Crippen LogP contribution in [-0.4, -0.2) is 72.2 Å². The molecule has 0 unspecified atom stereocenters. The van der Waals surface area contributed by atoms with Gasteiger partial charge in [-0.1, -0.05) is 0 Å². The highest BCUT2D eigenvalue weighted by molar-refractivity contribution is 7.89. The fourth-order valence-corrected chi connectivity index (χ4v) is 6.17. The van der Waals surface area contributed by atoms with Gasteiger partial charge >= 0.3 is 0 Å². The molecule has 2 aromatic heterocycles. The van der Waals surface area contributed by atoms with Crippen LogP contribution in [0.5, 0.6) is 0 Å². The van der Waals surface area contributed by atoms with Crippen molar-refractivity contribution in [1.82, 2.24) is 29.1 Å². The van der Waals surface area contributed by atoms with Gasteiger partial charge in [-0.15, -0.1) is 0 Å². The number of ether oxygens (including phenoxy) is 1. The molecule has 4 heterocycles. The number of hydrogen-bond donors (Lipinski definition) is 2. The van der Waals surface area contributed by atoms with Crippen molar-refractivity contribution in [2.24, 2.45) is 0 Å². The Hall–Kier alpha value is -2.86. The van der Waals surface area contributed by atoms with Gasteiger partial charge in [0.1, 0.15) is 5.82 Å². The lowest BCUT2D eigenvalue weighted by Crippen LogP contribution is -2.43. The van der Waals surface area contributed by atoms with E-state index in [1.54, 1.807) is 30.5 Å². The third kappa shape index (κ3) is 5.59. The third-order valence-corrected chi connectivity index (χ3v) is 8.45. The zero-order valence-electron chi connectivity index (χ0n) is 20.7. The van der Waals surface area contributed by atoms with Gasteiger partial charge in [-0.3, -0.25) is 0 Å². The summed E-state index contributed by atoms with van der Waals surface area (Å²) in [7, 11) is -1.52. The molecule has 0 amide bonds. The van der Waals surface area contributed by atoms with Crippen molar-refractivity contribution in [3.63, 3.8) is 0 Å². The zero-order chi connectivity index (χ0) is 25.1. The number of hydrogen-bond acceptors (Lipinski definition) is 8. The summed E-state index contributed by atoms with van der Waals surface area (Å²) in [6, 6.07) is 8.85.